The largest absolute Gasteiger partial charge is 0.489 e. The molecular weight excluding hydrogens is 700 g/mol. The predicted octanol–water partition coefficient (Wildman–Crippen LogP) is 6.94. The highest BCUT2D eigenvalue weighted by Crippen LogP contribution is 2.69. The maximum atomic E-state index is 14.2. The van der Waals surface area contributed by atoms with E-state index in [9.17, 15) is 19.2 Å². The fraction of sp³-hybridized carbons (Fsp3) is 0.333. The molecule has 3 aromatic carbocycles. The summed E-state index contributed by atoms with van der Waals surface area (Å²) in [5.74, 6) is -1.12. The van der Waals surface area contributed by atoms with Crippen LogP contribution in [0.4, 0.5) is 5.69 Å². The number of imide groups is 1. The Hall–Kier alpha value is -3.67. The molecule has 8 rings (SSSR count). The monoisotopic (exact) mass is 730 g/mol. The van der Waals surface area contributed by atoms with Gasteiger partial charge in [-0.2, -0.15) is 0 Å². The van der Waals surface area contributed by atoms with Crippen molar-refractivity contribution >= 4 is 62.5 Å². The fourth-order valence-corrected chi connectivity index (χ4v) is 11.7. The van der Waals surface area contributed by atoms with E-state index in [1.54, 1.807) is 43.0 Å². The van der Waals surface area contributed by atoms with E-state index in [4.69, 9.17) is 9.47 Å². The van der Waals surface area contributed by atoms with Crippen LogP contribution in [0, 0.1) is 36.5 Å². The van der Waals surface area contributed by atoms with Gasteiger partial charge < -0.3 is 14.5 Å². The Morgan fingerprint density at radius 1 is 1.00 bits per heavy atom. The van der Waals surface area contributed by atoms with Crippen molar-refractivity contribution in [1.29, 1.82) is 0 Å². The molecule has 2 aliphatic carbocycles. The second kappa shape index (κ2) is 11.8. The van der Waals surface area contributed by atoms with Crippen molar-refractivity contribution in [3.63, 3.8) is 0 Å². The van der Waals surface area contributed by atoms with Crippen molar-refractivity contribution in [1.82, 2.24) is 4.98 Å². The minimum Gasteiger partial charge on any atom is -0.489 e. The summed E-state index contributed by atoms with van der Waals surface area (Å²) in [5, 5.41) is 0.902. The van der Waals surface area contributed by atoms with Gasteiger partial charge in [-0.3, -0.25) is 19.3 Å². The highest BCUT2D eigenvalue weighted by Gasteiger charge is 2.69. The van der Waals surface area contributed by atoms with E-state index in [-0.39, 0.29) is 52.2 Å². The molecule has 240 valence electrons. The molecule has 1 aromatic heterocycles. The number of aromatic nitrogens is 1. The van der Waals surface area contributed by atoms with Crippen LogP contribution in [0.1, 0.15) is 51.2 Å². The Morgan fingerprint density at radius 3 is 2.51 bits per heavy atom. The third kappa shape index (κ3) is 5.00. The Balaban J connectivity index is 1.15. The second-order valence-corrected chi connectivity index (χ2v) is 15.8. The van der Waals surface area contributed by atoms with Crippen molar-refractivity contribution in [2.75, 3.05) is 11.5 Å². The number of thioether (sulfide) groups is 1. The van der Waals surface area contributed by atoms with Crippen LogP contribution < -0.4 is 14.5 Å². The van der Waals surface area contributed by atoms with Crippen molar-refractivity contribution in [2.24, 2.45) is 29.6 Å². The minimum atomic E-state index is -0.444. The molecule has 3 fully saturated rings. The quantitative estimate of drug-likeness (QED) is 0.162. The summed E-state index contributed by atoms with van der Waals surface area (Å²) in [6, 6.07) is 20.8. The molecule has 2 bridgehead atoms. The SMILES string of the molecule is CCOC(=O)c1ccc(N2C(=O)C3C4CC(C3C2=O)C2C4Sc3[nH]c(=O)sc3[C@@H]2c2cc(Br)ccc2OCc2cccc(C)c2)cc1. The van der Waals surface area contributed by atoms with Gasteiger partial charge in [-0.15, -0.1) is 11.8 Å². The molecule has 6 unspecified atom stereocenters. The minimum absolute atomic E-state index is 0.0110. The van der Waals surface area contributed by atoms with Crippen molar-refractivity contribution in [2.45, 2.75) is 43.1 Å². The van der Waals surface area contributed by atoms with Gasteiger partial charge in [0.15, 0.2) is 0 Å². The highest BCUT2D eigenvalue weighted by molar-refractivity contribution is 9.10. The molecule has 11 heteroatoms. The lowest BCUT2D eigenvalue weighted by Crippen LogP contribution is -2.42. The number of esters is 1. The van der Waals surface area contributed by atoms with Crippen LogP contribution in [-0.2, 0) is 20.9 Å². The number of carbonyl (C=O) groups is 3. The number of ether oxygens (including phenoxy) is 2. The Labute approximate surface area is 288 Å². The van der Waals surface area contributed by atoms with Crippen LogP contribution in [-0.4, -0.2) is 34.6 Å². The number of halogens is 1. The number of thiazole rings is 1. The van der Waals surface area contributed by atoms with E-state index < -0.39 is 17.8 Å². The molecule has 4 aromatic rings. The molecule has 7 atom stereocenters. The Bertz CT molecular complexity index is 1990. The molecular formula is C36H31BrN2O6S2. The van der Waals surface area contributed by atoms with Gasteiger partial charge in [-0.05, 0) is 86.1 Å². The van der Waals surface area contributed by atoms with Gasteiger partial charge in [0.05, 0.1) is 34.7 Å². The highest BCUT2D eigenvalue weighted by atomic mass is 79.9. The molecule has 0 spiro atoms. The Kier molecular flexibility index (Phi) is 7.69. The molecule has 3 heterocycles. The lowest BCUT2D eigenvalue weighted by atomic mass is 9.68. The lowest BCUT2D eigenvalue weighted by Gasteiger charge is -2.43. The molecule has 1 N–H and O–H groups in total. The number of aromatic amines is 1. The van der Waals surface area contributed by atoms with Crippen molar-refractivity contribution in [3.05, 3.63) is 108 Å². The third-order valence-electron chi connectivity index (χ3n) is 10.1. The van der Waals surface area contributed by atoms with Gasteiger partial charge >= 0.3 is 10.8 Å². The number of benzene rings is 3. The number of rotatable bonds is 7. The normalized spacial score (nSPS) is 27.0. The van der Waals surface area contributed by atoms with E-state index in [2.05, 4.69) is 46.0 Å². The van der Waals surface area contributed by atoms with Crippen LogP contribution in [0.15, 0.2) is 81.0 Å². The maximum absolute atomic E-state index is 14.2. The van der Waals surface area contributed by atoms with E-state index >= 15 is 0 Å². The van der Waals surface area contributed by atoms with Crippen molar-refractivity contribution < 1.29 is 23.9 Å². The van der Waals surface area contributed by atoms with Crippen LogP contribution in [0.2, 0.25) is 0 Å². The molecule has 0 radical (unpaired) electrons. The van der Waals surface area contributed by atoms with Crippen LogP contribution in [0.3, 0.4) is 0 Å². The predicted molar refractivity (Wildman–Crippen MR) is 183 cm³/mol. The molecule has 2 amide bonds. The summed E-state index contributed by atoms with van der Waals surface area (Å²) in [6.07, 6.45) is 0.786. The average Bonchev–Trinajstić information content (AvgIpc) is 3.79. The number of carbonyl (C=O) groups excluding carboxylic acids is 3. The van der Waals surface area contributed by atoms with Crippen molar-refractivity contribution in [3.8, 4) is 5.75 Å². The smallest absolute Gasteiger partial charge is 0.338 e. The number of amides is 2. The Morgan fingerprint density at radius 2 is 1.77 bits per heavy atom. The number of aryl methyl sites for hydroxylation is 1. The summed E-state index contributed by atoms with van der Waals surface area (Å²) in [7, 11) is 0. The van der Waals surface area contributed by atoms with Gasteiger partial charge in [-0.25, -0.2) is 4.79 Å². The van der Waals surface area contributed by atoms with Gasteiger partial charge in [0.2, 0.25) is 11.8 Å². The molecule has 1 saturated heterocycles. The van der Waals surface area contributed by atoms with Gasteiger partial charge in [0.1, 0.15) is 12.4 Å². The second-order valence-electron chi connectivity index (χ2n) is 12.7. The number of fused-ring (bicyclic) bond motifs is 9. The summed E-state index contributed by atoms with van der Waals surface area (Å²) in [4.78, 5) is 58.5. The zero-order valence-electron chi connectivity index (χ0n) is 25.6. The zero-order valence-corrected chi connectivity index (χ0v) is 28.8. The number of nitrogens with zero attached hydrogens (tertiary/aromatic N) is 1. The first-order valence-corrected chi connectivity index (χ1v) is 18.2. The summed E-state index contributed by atoms with van der Waals surface area (Å²) < 4.78 is 12.5. The first-order valence-electron chi connectivity index (χ1n) is 15.8. The first kappa shape index (κ1) is 30.7. The number of hydrogen-bond donors (Lipinski definition) is 1. The van der Waals surface area contributed by atoms with Gasteiger partial charge in [0, 0.05) is 26.1 Å². The number of nitrogens with one attached hydrogen (secondary N) is 1. The van der Waals surface area contributed by atoms with E-state index in [0.717, 1.165) is 43.2 Å². The number of hydrogen-bond acceptors (Lipinski definition) is 8. The molecule has 2 saturated carbocycles. The molecule has 4 aliphatic rings. The zero-order chi connectivity index (χ0) is 32.6. The maximum Gasteiger partial charge on any atom is 0.338 e. The number of H-pyrrole nitrogens is 1. The van der Waals surface area contributed by atoms with Gasteiger partial charge in [-0.1, -0.05) is 57.1 Å². The van der Waals surface area contributed by atoms with E-state index in [0.29, 0.717) is 17.9 Å². The van der Waals surface area contributed by atoms with Gasteiger partial charge in [0.25, 0.3) is 0 Å². The lowest BCUT2D eigenvalue weighted by molar-refractivity contribution is -0.123. The fourth-order valence-electron chi connectivity index (χ4n) is 8.44. The first-order chi connectivity index (χ1) is 22.7. The summed E-state index contributed by atoms with van der Waals surface area (Å²) in [6.45, 7) is 4.46. The molecule has 47 heavy (non-hydrogen) atoms. The van der Waals surface area contributed by atoms with Crippen LogP contribution in [0.5, 0.6) is 5.75 Å². The molecule has 8 nitrogen and oxygen atoms in total. The van der Waals surface area contributed by atoms with E-state index in [1.165, 1.54) is 16.2 Å². The van der Waals surface area contributed by atoms with Crippen LogP contribution in [0.25, 0.3) is 0 Å². The standard InChI is InChI=1S/C36H31BrN2O6S2/c1-3-44-35(42)19-7-10-21(11-8-19)39-33(40)28-23-15-24(29(28)34(39)41)30-27(23)26(31-32(46-30)38-36(43)47-31)22-14-20(37)9-12-25(22)45-16-18-6-4-5-17(2)13-18/h4-14,23-24,26-30H,3,15-16H2,1-2H3,(H,38,43)/t23?,24?,26-,27?,28?,29?,30?/m1/s1. The van der Waals surface area contributed by atoms with Crippen LogP contribution >= 0.6 is 39.0 Å². The molecule has 2 aliphatic heterocycles. The van der Waals surface area contributed by atoms with E-state index in [1.807, 2.05) is 24.3 Å². The number of anilines is 1. The summed E-state index contributed by atoms with van der Waals surface area (Å²) in [5.41, 5.74) is 4.04. The average molecular weight is 732 g/mol. The third-order valence-corrected chi connectivity index (χ3v) is 13.2. The topological polar surface area (TPSA) is 106 Å². The summed E-state index contributed by atoms with van der Waals surface area (Å²) >= 11 is 6.57.